The van der Waals surface area contributed by atoms with Crippen molar-refractivity contribution in [3.63, 3.8) is 0 Å². The van der Waals surface area contributed by atoms with Gasteiger partial charge in [-0.05, 0) is 31.2 Å². The van der Waals surface area contributed by atoms with E-state index in [-0.39, 0.29) is 17.7 Å². The average Bonchev–Trinajstić information content (AvgIpc) is 2.89. The molecule has 0 aromatic heterocycles. The van der Waals surface area contributed by atoms with Crippen LogP contribution in [-0.4, -0.2) is 47.8 Å². The average molecular weight is 326 g/mol. The normalized spacial score (nSPS) is 21.4. The third kappa shape index (κ3) is 4.25. The van der Waals surface area contributed by atoms with Gasteiger partial charge in [-0.2, -0.15) is 0 Å². The van der Waals surface area contributed by atoms with Crippen LogP contribution in [0.25, 0.3) is 0 Å². The van der Waals surface area contributed by atoms with Crippen LogP contribution < -0.4 is 0 Å². The van der Waals surface area contributed by atoms with Crippen molar-refractivity contribution in [1.82, 2.24) is 9.80 Å². The van der Waals surface area contributed by atoms with Crippen molar-refractivity contribution in [3.05, 3.63) is 48.0 Å². The van der Waals surface area contributed by atoms with E-state index in [4.69, 9.17) is 0 Å². The summed E-state index contributed by atoms with van der Waals surface area (Å²) < 4.78 is 0. The molecule has 4 heteroatoms. The Morgan fingerprint density at radius 1 is 0.958 bits per heavy atom. The predicted molar refractivity (Wildman–Crippen MR) is 94.4 cm³/mol. The predicted octanol–water partition coefficient (Wildman–Crippen LogP) is 2.65. The topological polar surface area (TPSA) is 40.6 Å². The van der Waals surface area contributed by atoms with Crippen molar-refractivity contribution in [3.8, 4) is 0 Å². The van der Waals surface area contributed by atoms with Gasteiger partial charge in [0.25, 0.3) is 0 Å². The van der Waals surface area contributed by atoms with E-state index in [1.165, 1.54) is 0 Å². The molecule has 1 aromatic rings. The summed E-state index contributed by atoms with van der Waals surface area (Å²) in [5.41, 5.74) is 1.05. The van der Waals surface area contributed by atoms with Gasteiger partial charge in [0.05, 0.1) is 6.42 Å². The van der Waals surface area contributed by atoms with Crippen LogP contribution in [0.3, 0.4) is 0 Å². The Morgan fingerprint density at radius 2 is 1.71 bits per heavy atom. The first-order chi connectivity index (χ1) is 11.7. The molecule has 1 aliphatic heterocycles. The fourth-order valence-corrected chi connectivity index (χ4v) is 3.55. The molecule has 1 aliphatic carbocycles. The van der Waals surface area contributed by atoms with Crippen molar-refractivity contribution < 1.29 is 9.59 Å². The smallest absolute Gasteiger partial charge is 0.227 e. The molecule has 1 fully saturated rings. The first-order valence-corrected chi connectivity index (χ1v) is 8.99. The van der Waals surface area contributed by atoms with Gasteiger partial charge in [0.1, 0.15) is 0 Å². The number of carbonyl (C=O) groups excluding carboxylic acids is 2. The minimum Gasteiger partial charge on any atom is -0.341 e. The molecule has 2 amide bonds. The van der Waals surface area contributed by atoms with E-state index in [2.05, 4.69) is 12.2 Å². The molecule has 0 bridgehead atoms. The molecule has 1 saturated heterocycles. The molecular weight excluding hydrogens is 300 g/mol. The molecule has 0 saturated carbocycles. The summed E-state index contributed by atoms with van der Waals surface area (Å²) in [5.74, 6) is 0.578. The molecule has 4 nitrogen and oxygen atoms in total. The van der Waals surface area contributed by atoms with Crippen LogP contribution in [0.5, 0.6) is 0 Å². The lowest BCUT2D eigenvalue weighted by Gasteiger charge is -2.27. The zero-order valence-electron chi connectivity index (χ0n) is 14.2. The summed E-state index contributed by atoms with van der Waals surface area (Å²) in [6, 6.07) is 9.86. The minimum absolute atomic E-state index is 0.140. The summed E-state index contributed by atoms with van der Waals surface area (Å²) in [6.45, 7) is 2.84. The van der Waals surface area contributed by atoms with E-state index in [0.717, 1.165) is 44.3 Å². The number of hydrogen-bond donors (Lipinski definition) is 0. The maximum atomic E-state index is 12.7. The van der Waals surface area contributed by atoms with Crippen molar-refractivity contribution in [2.24, 2.45) is 5.92 Å². The Kier molecular flexibility index (Phi) is 5.68. The van der Waals surface area contributed by atoms with E-state index >= 15 is 0 Å². The largest absolute Gasteiger partial charge is 0.341 e. The Bertz CT molecular complexity index is 597. The van der Waals surface area contributed by atoms with E-state index < -0.39 is 0 Å². The number of nitrogens with zero attached hydrogens (tertiary/aromatic N) is 2. The lowest BCUT2D eigenvalue weighted by atomic mass is 9.93. The standard InChI is InChI=1S/C20H26N2O2/c23-19(16-17-8-3-1-4-9-17)21-12-7-13-22(15-14-21)20(24)18-10-5-2-6-11-18/h1-5,8-9,18H,6-7,10-16H2. The second kappa shape index (κ2) is 8.13. The van der Waals surface area contributed by atoms with Crippen LogP contribution in [0.15, 0.2) is 42.5 Å². The number of amides is 2. The highest BCUT2D eigenvalue weighted by atomic mass is 16.2. The van der Waals surface area contributed by atoms with E-state index in [9.17, 15) is 9.59 Å². The zero-order valence-corrected chi connectivity index (χ0v) is 14.2. The highest BCUT2D eigenvalue weighted by Crippen LogP contribution is 2.21. The van der Waals surface area contributed by atoms with E-state index in [1.54, 1.807) is 0 Å². The van der Waals surface area contributed by atoms with Gasteiger partial charge >= 0.3 is 0 Å². The van der Waals surface area contributed by atoms with E-state index in [1.807, 2.05) is 40.1 Å². The zero-order chi connectivity index (χ0) is 16.8. The number of rotatable bonds is 3. The van der Waals surface area contributed by atoms with Crippen molar-refractivity contribution in [2.45, 2.75) is 32.1 Å². The van der Waals surface area contributed by atoms with Gasteiger partial charge in [-0.25, -0.2) is 0 Å². The molecule has 1 atom stereocenters. The van der Waals surface area contributed by atoms with Gasteiger partial charge in [-0.1, -0.05) is 42.5 Å². The van der Waals surface area contributed by atoms with Crippen LogP contribution >= 0.6 is 0 Å². The lowest BCUT2D eigenvalue weighted by Crippen LogP contribution is -2.40. The molecule has 128 valence electrons. The monoisotopic (exact) mass is 326 g/mol. The SMILES string of the molecule is O=C(Cc1ccccc1)N1CCCN(C(=O)C2CC=CCC2)CC1. The third-order valence-corrected chi connectivity index (χ3v) is 4.98. The molecule has 0 N–H and O–H groups in total. The molecule has 2 aliphatic rings. The van der Waals surface area contributed by atoms with Crippen LogP contribution in [0.4, 0.5) is 0 Å². The molecule has 0 radical (unpaired) electrons. The van der Waals surface area contributed by atoms with Crippen LogP contribution in [0, 0.1) is 5.92 Å². The maximum Gasteiger partial charge on any atom is 0.227 e. The van der Waals surface area contributed by atoms with Gasteiger partial charge in [0.2, 0.25) is 11.8 Å². The number of carbonyl (C=O) groups is 2. The number of allylic oxidation sites excluding steroid dienone is 2. The highest BCUT2D eigenvalue weighted by molar-refractivity contribution is 5.80. The second-order valence-electron chi connectivity index (χ2n) is 6.70. The summed E-state index contributed by atoms with van der Waals surface area (Å²) >= 11 is 0. The Hall–Kier alpha value is -2.10. The van der Waals surface area contributed by atoms with Crippen LogP contribution in [0.1, 0.15) is 31.2 Å². The maximum absolute atomic E-state index is 12.7. The fraction of sp³-hybridized carbons (Fsp3) is 0.500. The second-order valence-corrected chi connectivity index (χ2v) is 6.70. The Balaban J connectivity index is 1.53. The Morgan fingerprint density at radius 3 is 2.46 bits per heavy atom. The third-order valence-electron chi connectivity index (χ3n) is 4.98. The molecule has 24 heavy (non-hydrogen) atoms. The number of benzene rings is 1. The van der Waals surface area contributed by atoms with Crippen LogP contribution in [-0.2, 0) is 16.0 Å². The molecule has 1 aromatic carbocycles. The van der Waals surface area contributed by atoms with E-state index in [0.29, 0.717) is 19.5 Å². The summed E-state index contributed by atoms with van der Waals surface area (Å²) in [5, 5.41) is 0. The summed E-state index contributed by atoms with van der Waals surface area (Å²) in [7, 11) is 0. The fourth-order valence-electron chi connectivity index (χ4n) is 3.55. The first-order valence-electron chi connectivity index (χ1n) is 8.99. The highest BCUT2D eigenvalue weighted by Gasteiger charge is 2.27. The van der Waals surface area contributed by atoms with Gasteiger partial charge < -0.3 is 9.80 Å². The molecule has 1 unspecified atom stereocenters. The van der Waals surface area contributed by atoms with Crippen molar-refractivity contribution in [1.29, 1.82) is 0 Å². The first kappa shape index (κ1) is 16.7. The molecule has 0 spiro atoms. The van der Waals surface area contributed by atoms with Gasteiger partial charge in [0, 0.05) is 32.1 Å². The molecule has 3 rings (SSSR count). The summed E-state index contributed by atoms with van der Waals surface area (Å²) in [4.78, 5) is 29.1. The number of hydrogen-bond acceptors (Lipinski definition) is 2. The van der Waals surface area contributed by atoms with Crippen molar-refractivity contribution >= 4 is 11.8 Å². The van der Waals surface area contributed by atoms with Crippen molar-refractivity contribution in [2.75, 3.05) is 26.2 Å². The van der Waals surface area contributed by atoms with Gasteiger partial charge in [-0.3, -0.25) is 9.59 Å². The lowest BCUT2D eigenvalue weighted by molar-refractivity contribution is -0.136. The quantitative estimate of drug-likeness (QED) is 0.801. The van der Waals surface area contributed by atoms with Gasteiger partial charge in [0.15, 0.2) is 0 Å². The van der Waals surface area contributed by atoms with Crippen LogP contribution in [0.2, 0.25) is 0 Å². The summed E-state index contributed by atoms with van der Waals surface area (Å²) in [6.07, 6.45) is 8.44. The molecular formula is C20H26N2O2. The minimum atomic E-state index is 0.140. The van der Waals surface area contributed by atoms with Gasteiger partial charge in [-0.15, -0.1) is 0 Å². The Labute approximate surface area is 144 Å². The molecule has 1 heterocycles.